The minimum Gasteiger partial charge on any atom is -0.493 e. The van der Waals surface area contributed by atoms with Crippen LogP contribution in [0.2, 0.25) is 10.0 Å². The van der Waals surface area contributed by atoms with Crippen molar-refractivity contribution >= 4 is 51.1 Å². The van der Waals surface area contributed by atoms with E-state index >= 15 is 0 Å². The summed E-state index contributed by atoms with van der Waals surface area (Å²) >= 11 is 15.4. The number of methoxy groups -OCH3 is 1. The molecule has 0 fully saturated rings. The van der Waals surface area contributed by atoms with Crippen LogP contribution in [0.3, 0.4) is 0 Å². The smallest absolute Gasteiger partial charge is 0.264 e. The van der Waals surface area contributed by atoms with Crippen molar-refractivity contribution in [1.29, 1.82) is 5.26 Å². The molecule has 28 heavy (non-hydrogen) atoms. The highest BCUT2D eigenvalue weighted by molar-refractivity contribution is 9.10. The maximum Gasteiger partial charge on any atom is 0.264 e. The molecule has 2 aromatic carbocycles. The number of carbonyl (C=O) groups is 1. The highest BCUT2D eigenvalue weighted by Gasteiger charge is 2.15. The van der Waals surface area contributed by atoms with Gasteiger partial charge in [-0.1, -0.05) is 29.3 Å². The van der Waals surface area contributed by atoms with Crippen molar-refractivity contribution < 1.29 is 14.3 Å². The Morgan fingerprint density at radius 3 is 2.54 bits per heavy atom. The van der Waals surface area contributed by atoms with Crippen LogP contribution < -0.4 is 9.47 Å². The number of nitriles is 1. The molecule has 0 saturated carbocycles. The van der Waals surface area contributed by atoms with Gasteiger partial charge >= 0.3 is 0 Å². The summed E-state index contributed by atoms with van der Waals surface area (Å²) in [5.74, 6) is 0.566. The number of rotatable bonds is 6. The lowest BCUT2D eigenvalue weighted by atomic mass is 10.1. The summed E-state index contributed by atoms with van der Waals surface area (Å²) in [6.07, 6.45) is 1.50. The van der Waals surface area contributed by atoms with Gasteiger partial charge in [0.1, 0.15) is 18.2 Å². The molecule has 0 aromatic heterocycles. The van der Waals surface area contributed by atoms with E-state index in [0.717, 1.165) is 5.56 Å². The zero-order valence-corrected chi connectivity index (χ0v) is 18.5. The van der Waals surface area contributed by atoms with E-state index < -0.39 is 0 Å². The summed E-state index contributed by atoms with van der Waals surface area (Å²) in [7, 11) is 4.69. The average molecular weight is 484 g/mol. The van der Waals surface area contributed by atoms with Gasteiger partial charge in [-0.3, -0.25) is 4.79 Å². The average Bonchev–Trinajstić information content (AvgIpc) is 2.66. The van der Waals surface area contributed by atoms with E-state index in [1.807, 2.05) is 12.1 Å². The molecule has 1 amide bonds. The SMILES string of the molecule is COc1cc(/C=C(/C#N)C(=O)N(C)C)cc(Br)c1OCc1ccc(Cl)c(Cl)c1. The van der Waals surface area contributed by atoms with Crippen molar-refractivity contribution in [2.24, 2.45) is 0 Å². The topological polar surface area (TPSA) is 62.6 Å². The molecule has 0 N–H and O–H groups in total. The van der Waals surface area contributed by atoms with Gasteiger partial charge in [0.2, 0.25) is 0 Å². The molecule has 0 aliphatic rings. The molecule has 5 nitrogen and oxygen atoms in total. The quantitative estimate of drug-likeness (QED) is 0.411. The largest absolute Gasteiger partial charge is 0.493 e. The molecule has 0 bridgehead atoms. The molecule has 2 aromatic rings. The van der Waals surface area contributed by atoms with Crippen LogP contribution in [-0.4, -0.2) is 32.0 Å². The van der Waals surface area contributed by atoms with Crippen LogP contribution in [0.15, 0.2) is 40.4 Å². The third-order valence-electron chi connectivity index (χ3n) is 3.69. The molecule has 8 heteroatoms. The van der Waals surface area contributed by atoms with Crippen molar-refractivity contribution in [3.8, 4) is 17.6 Å². The van der Waals surface area contributed by atoms with Crippen LogP contribution in [-0.2, 0) is 11.4 Å². The zero-order valence-electron chi connectivity index (χ0n) is 15.4. The van der Waals surface area contributed by atoms with Gasteiger partial charge in [0.15, 0.2) is 11.5 Å². The first-order chi connectivity index (χ1) is 13.3. The molecule has 0 heterocycles. The second-order valence-electron chi connectivity index (χ2n) is 5.94. The molecule has 0 radical (unpaired) electrons. The third kappa shape index (κ3) is 5.41. The molecule has 0 atom stereocenters. The number of amides is 1. The zero-order chi connectivity index (χ0) is 20.8. The number of carbonyl (C=O) groups excluding carboxylic acids is 1. The van der Waals surface area contributed by atoms with Crippen molar-refractivity contribution in [3.05, 3.63) is 61.5 Å². The lowest BCUT2D eigenvalue weighted by Gasteiger charge is -2.14. The van der Waals surface area contributed by atoms with Crippen molar-refractivity contribution in [2.75, 3.05) is 21.2 Å². The number of ether oxygens (including phenoxy) is 2. The van der Waals surface area contributed by atoms with E-state index in [4.69, 9.17) is 32.7 Å². The van der Waals surface area contributed by atoms with Gasteiger partial charge in [-0.05, 0) is 57.4 Å². The van der Waals surface area contributed by atoms with Gasteiger partial charge in [0.25, 0.3) is 5.91 Å². The maximum absolute atomic E-state index is 12.0. The van der Waals surface area contributed by atoms with Crippen molar-refractivity contribution in [1.82, 2.24) is 4.90 Å². The molecule has 0 unspecified atom stereocenters. The normalized spacial score (nSPS) is 11.0. The second-order valence-corrected chi connectivity index (χ2v) is 7.61. The Hall–Kier alpha value is -2.20. The number of likely N-dealkylation sites (N-methyl/N-ethyl adjacent to an activating group) is 1. The third-order valence-corrected chi connectivity index (χ3v) is 5.02. The predicted molar refractivity (Wildman–Crippen MR) is 114 cm³/mol. The van der Waals surface area contributed by atoms with Gasteiger partial charge in [-0.15, -0.1) is 0 Å². The maximum atomic E-state index is 12.0. The Morgan fingerprint density at radius 2 is 1.96 bits per heavy atom. The first kappa shape index (κ1) is 22.1. The van der Waals surface area contributed by atoms with Crippen LogP contribution in [0.1, 0.15) is 11.1 Å². The standard InChI is InChI=1S/C20H17BrCl2N2O3/c1-25(2)20(26)14(10-24)6-13-7-15(21)19(18(9-13)27-3)28-11-12-4-5-16(22)17(23)8-12/h4-9H,11H2,1-3H3/b14-6-. The van der Waals surface area contributed by atoms with Gasteiger partial charge in [-0.25, -0.2) is 0 Å². The molecule has 2 rings (SSSR count). The Labute approximate surface area is 182 Å². The van der Waals surface area contributed by atoms with Gasteiger partial charge in [-0.2, -0.15) is 5.26 Å². The highest BCUT2D eigenvalue weighted by Crippen LogP contribution is 2.38. The predicted octanol–water partition coefficient (Wildman–Crippen LogP) is 5.34. The minimum absolute atomic E-state index is 0.0171. The van der Waals surface area contributed by atoms with E-state index in [0.29, 0.717) is 31.6 Å². The number of benzene rings is 2. The molecule has 146 valence electrons. The van der Waals surface area contributed by atoms with E-state index in [9.17, 15) is 10.1 Å². The summed E-state index contributed by atoms with van der Waals surface area (Å²) in [6, 6.07) is 10.6. The summed E-state index contributed by atoms with van der Waals surface area (Å²) in [5.41, 5.74) is 1.48. The molecule has 0 saturated heterocycles. The van der Waals surface area contributed by atoms with E-state index in [1.165, 1.54) is 18.1 Å². The molecule has 0 aliphatic carbocycles. The van der Waals surface area contributed by atoms with Crippen LogP contribution in [0.4, 0.5) is 0 Å². The summed E-state index contributed by atoms with van der Waals surface area (Å²) < 4.78 is 11.9. The summed E-state index contributed by atoms with van der Waals surface area (Å²) in [5, 5.41) is 10.2. The molecular weight excluding hydrogens is 467 g/mol. The Bertz CT molecular complexity index is 969. The highest BCUT2D eigenvalue weighted by atomic mass is 79.9. The van der Waals surface area contributed by atoms with Gasteiger partial charge in [0.05, 0.1) is 21.6 Å². The van der Waals surface area contributed by atoms with E-state index in [-0.39, 0.29) is 18.1 Å². The fourth-order valence-electron chi connectivity index (χ4n) is 2.30. The lowest BCUT2D eigenvalue weighted by molar-refractivity contribution is -0.124. The van der Waals surface area contributed by atoms with Crippen molar-refractivity contribution in [3.63, 3.8) is 0 Å². The van der Waals surface area contributed by atoms with Crippen LogP contribution in [0, 0.1) is 11.3 Å². The van der Waals surface area contributed by atoms with E-state index in [1.54, 1.807) is 38.4 Å². The number of nitrogens with zero attached hydrogens (tertiary/aromatic N) is 2. The van der Waals surface area contributed by atoms with Crippen LogP contribution in [0.5, 0.6) is 11.5 Å². The first-order valence-corrected chi connectivity index (χ1v) is 9.59. The molecule has 0 spiro atoms. The van der Waals surface area contributed by atoms with Gasteiger partial charge in [0, 0.05) is 14.1 Å². The summed E-state index contributed by atoms with van der Waals surface area (Å²) in [4.78, 5) is 13.4. The monoisotopic (exact) mass is 482 g/mol. The fraction of sp³-hybridized carbons (Fsp3) is 0.200. The van der Waals surface area contributed by atoms with Crippen LogP contribution in [0.25, 0.3) is 6.08 Å². The fourth-order valence-corrected chi connectivity index (χ4v) is 3.19. The molecule has 0 aliphatic heterocycles. The van der Waals surface area contributed by atoms with Crippen LogP contribution >= 0.6 is 39.1 Å². The first-order valence-electron chi connectivity index (χ1n) is 8.04. The Balaban J connectivity index is 2.31. The second kappa shape index (κ2) is 9.83. The summed E-state index contributed by atoms with van der Waals surface area (Å²) in [6.45, 7) is 0.254. The number of halogens is 3. The Morgan fingerprint density at radius 1 is 1.25 bits per heavy atom. The number of hydrogen-bond donors (Lipinski definition) is 0. The Kier molecular flexibility index (Phi) is 7.76. The van der Waals surface area contributed by atoms with Gasteiger partial charge < -0.3 is 14.4 Å². The molecular formula is C20H17BrCl2N2O3. The van der Waals surface area contributed by atoms with E-state index in [2.05, 4.69) is 15.9 Å². The minimum atomic E-state index is -0.377. The van der Waals surface area contributed by atoms with Crippen molar-refractivity contribution in [2.45, 2.75) is 6.61 Å². The lowest BCUT2D eigenvalue weighted by Crippen LogP contribution is -2.22. The number of hydrogen-bond acceptors (Lipinski definition) is 4.